The highest BCUT2D eigenvalue weighted by atomic mass is 16.5. The minimum atomic E-state index is -0.0792. The van der Waals surface area contributed by atoms with Crippen molar-refractivity contribution in [3.63, 3.8) is 0 Å². The molecule has 0 spiro atoms. The number of carbonyl (C=O) groups is 1. The summed E-state index contributed by atoms with van der Waals surface area (Å²) in [4.78, 5) is 11.4. The van der Waals surface area contributed by atoms with Crippen LogP contribution < -0.4 is 4.74 Å². The van der Waals surface area contributed by atoms with Crippen molar-refractivity contribution in [2.75, 3.05) is 0 Å². The number of hydrogen-bond donors (Lipinski definition) is 0. The number of Topliss-reactive ketones (excluding diaryl/α,β-unsaturated/α-hetero) is 1. The summed E-state index contributed by atoms with van der Waals surface area (Å²) in [5, 5.41) is 0. The van der Waals surface area contributed by atoms with Gasteiger partial charge in [0.25, 0.3) is 0 Å². The Kier molecular flexibility index (Phi) is 3.98. The van der Waals surface area contributed by atoms with Crippen molar-refractivity contribution < 1.29 is 9.53 Å². The number of benzene rings is 1. The fourth-order valence-corrected chi connectivity index (χ4v) is 1.88. The monoisotopic (exact) mass is 242 g/mol. The summed E-state index contributed by atoms with van der Waals surface area (Å²) < 4.78 is 5.79. The maximum Gasteiger partial charge on any atom is 0.136 e. The Bertz CT molecular complexity index is 498. The molecule has 2 nitrogen and oxygen atoms in total. The Morgan fingerprint density at radius 3 is 2.83 bits per heavy atom. The minimum absolute atomic E-state index is 0.0792. The Morgan fingerprint density at radius 1 is 1.33 bits per heavy atom. The quantitative estimate of drug-likeness (QED) is 0.798. The molecule has 2 heteroatoms. The topological polar surface area (TPSA) is 26.3 Å². The molecule has 0 amide bonds. The highest BCUT2D eigenvalue weighted by Gasteiger charge is 2.11. The molecule has 1 aliphatic rings. The van der Waals surface area contributed by atoms with Gasteiger partial charge in [-0.25, -0.2) is 0 Å². The third-order valence-electron chi connectivity index (χ3n) is 3.16. The van der Waals surface area contributed by atoms with Crippen LogP contribution >= 0.6 is 0 Å². The van der Waals surface area contributed by atoms with Crippen molar-refractivity contribution in [1.82, 2.24) is 0 Å². The van der Waals surface area contributed by atoms with Crippen molar-refractivity contribution in [2.45, 2.75) is 32.6 Å². The SMILES string of the molecule is CC(=O)C(C)c1cccc(OC2=CCCC=C2)c1. The van der Waals surface area contributed by atoms with Crippen LogP contribution in [0, 0.1) is 0 Å². The first-order valence-corrected chi connectivity index (χ1v) is 6.32. The molecule has 0 saturated carbocycles. The lowest BCUT2D eigenvalue weighted by molar-refractivity contribution is -0.118. The van der Waals surface area contributed by atoms with Crippen LogP contribution in [0.15, 0.2) is 48.3 Å². The van der Waals surface area contributed by atoms with Crippen LogP contribution in [0.3, 0.4) is 0 Å². The van der Waals surface area contributed by atoms with Gasteiger partial charge < -0.3 is 4.74 Å². The first-order chi connectivity index (χ1) is 8.66. The largest absolute Gasteiger partial charge is 0.458 e. The van der Waals surface area contributed by atoms with Gasteiger partial charge in [-0.15, -0.1) is 0 Å². The zero-order valence-corrected chi connectivity index (χ0v) is 10.8. The average molecular weight is 242 g/mol. The van der Waals surface area contributed by atoms with Gasteiger partial charge in [0.15, 0.2) is 0 Å². The van der Waals surface area contributed by atoms with Gasteiger partial charge >= 0.3 is 0 Å². The number of rotatable bonds is 4. The number of ether oxygens (including phenoxy) is 1. The molecule has 0 radical (unpaired) electrons. The second-order valence-corrected chi connectivity index (χ2v) is 4.59. The molecule has 1 aliphatic carbocycles. The number of hydrogen-bond acceptors (Lipinski definition) is 2. The van der Waals surface area contributed by atoms with Gasteiger partial charge in [-0.3, -0.25) is 4.79 Å². The first-order valence-electron chi connectivity index (χ1n) is 6.32. The normalized spacial score (nSPS) is 16.0. The van der Waals surface area contributed by atoms with Crippen molar-refractivity contribution in [2.24, 2.45) is 0 Å². The highest BCUT2D eigenvalue weighted by molar-refractivity contribution is 5.82. The Morgan fingerprint density at radius 2 is 2.17 bits per heavy atom. The van der Waals surface area contributed by atoms with E-state index in [9.17, 15) is 4.79 Å². The summed E-state index contributed by atoms with van der Waals surface area (Å²) in [6.45, 7) is 3.53. The lowest BCUT2D eigenvalue weighted by Crippen LogP contribution is -2.04. The van der Waals surface area contributed by atoms with E-state index in [1.807, 2.05) is 37.3 Å². The lowest BCUT2D eigenvalue weighted by atomic mass is 9.97. The molecule has 0 saturated heterocycles. The van der Waals surface area contributed by atoms with Gasteiger partial charge in [-0.1, -0.05) is 25.1 Å². The van der Waals surface area contributed by atoms with E-state index in [-0.39, 0.29) is 11.7 Å². The van der Waals surface area contributed by atoms with Crippen molar-refractivity contribution >= 4 is 5.78 Å². The molecule has 0 aromatic heterocycles. The third kappa shape index (κ3) is 3.10. The summed E-state index contributed by atoms with van der Waals surface area (Å²) in [6.07, 6.45) is 8.28. The van der Waals surface area contributed by atoms with E-state index in [1.165, 1.54) is 0 Å². The molecule has 0 heterocycles. The summed E-state index contributed by atoms with van der Waals surface area (Å²) >= 11 is 0. The molecule has 0 fully saturated rings. The molecule has 1 aromatic carbocycles. The summed E-state index contributed by atoms with van der Waals surface area (Å²) in [6, 6.07) is 7.75. The molecule has 1 unspecified atom stereocenters. The lowest BCUT2D eigenvalue weighted by Gasteiger charge is -2.12. The summed E-state index contributed by atoms with van der Waals surface area (Å²) in [5.74, 6) is 1.76. The molecular formula is C16H18O2. The average Bonchev–Trinajstić information content (AvgIpc) is 2.39. The maximum atomic E-state index is 11.4. The predicted molar refractivity (Wildman–Crippen MR) is 72.6 cm³/mol. The molecule has 1 aromatic rings. The number of ketones is 1. The van der Waals surface area contributed by atoms with Gasteiger partial charge in [0.05, 0.1) is 0 Å². The Labute approximate surface area is 108 Å². The van der Waals surface area contributed by atoms with Crippen molar-refractivity contribution in [3.8, 4) is 5.75 Å². The molecule has 0 aliphatic heterocycles. The van der Waals surface area contributed by atoms with E-state index in [1.54, 1.807) is 6.92 Å². The van der Waals surface area contributed by atoms with Gasteiger partial charge in [0, 0.05) is 5.92 Å². The van der Waals surface area contributed by atoms with E-state index in [0.29, 0.717) is 0 Å². The van der Waals surface area contributed by atoms with Gasteiger partial charge in [0.1, 0.15) is 17.3 Å². The summed E-state index contributed by atoms with van der Waals surface area (Å²) in [7, 11) is 0. The van der Waals surface area contributed by atoms with Gasteiger partial charge in [0.2, 0.25) is 0 Å². The van der Waals surface area contributed by atoms with Gasteiger partial charge in [-0.05, 0) is 49.6 Å². The third-order valence-corrected chi connectivity index (χ3v) is 3.16. The second kappa shape index (κ2) is 5.67. The molecule has 1 atom stereocenters. The van der Waals surface area contributed by atoms with E-state index >= 15 is 0 Å². The Hall–Kier alpha value is -1.83. The van der Waals surface area contributed by atoms with Crippen LogP contribution in [0.2, 0.25) is 0 Å². The van der Waals surface area contributed by atoms with Crippen LogP contribution in [-0.4, -0.2) is 5.78 Å². The number of allylic oxidation sites excluding steroid dienone is 3. The second-order valence-electron chi connectivity index (χ2n) is 4.59. The smallest absolute Gasteiger partial charge is 0.136 e. The molecule has 94 valence electrons. The van der Waals surface area contributed by atoms with Crippen LogP contribution in [0.1, 0.15) is 38.2 Å². The predicted octanol–water partition coefficient (Wildman–Crippen LogP) is 3.99. The van der Waals surface area contributed by atoms with E-state index in [4.69, 9.17) is 4.74 Å². The fraction of sp³-hybridized carbons (Fsp3) is 0.312. The molecule has 18 heavy (non-hydrogen) atoms. The maximum absolute atomic E-state index is 11.4. The standard InChI is InChI=1S/C16H18O2/c1-12(13(2)17)14-7-6-10-16(11-14)18-15-8-4-3-5-9-15/h4,6-12H,3,5H2,1-2H3. The van der Waals surface area contributed by atoms with Crippen LogP contribution in [0.4, 0.5) is 0 Å². The van der Waals surface area contributed by atoms with Crippen LogP contribution in [-0.2, 0) is 4.79 Å². The van der Waals surface area contributed by atoms with E-state index in [0.717, 1.165) is 29.9 Å². The fourth-order valence-electron chi connectivity index (χ4n) is 1.88. The van der Waals surface area contributed by atoms with Crippen LogP contribution in [0.25, 0.3) is 0 Å². The molecule has 2 rings (SSSR count). The Balaban J connectivity index is 2.14. The van der Waals surface area contributed by atoms with Crippen molar-refractivity contribution in [1.29, 1.82) is 0 Å². The molecule has 0 bridgehead atoms. The minimum Gasteiger partial charge on any atom is -0.458 e. The molecular weight excluding hydrogens is 224 g/mol. The van der Waals surface area contributed by atoms with Crippen LogP contribution in [0.5, 0.6) is 5.75 Å². The number of carbonyl (C=O) groups excluding carboxylic acids is 1. The van der Waals surface area contributed by atoms with Crippen molar-refractivity contribution in [3.05, 3.63) is 53.8 Å². The van der Waals surface area contributed by atoms with E-state index < -0.39 is 0 Å². The first kappa shape index (κ1) is 12.6. The zero-order valence-electron chi connectivity index (χ0n) is 10.8. The zero-order chi connectivity index (χ0) is 13.0. The highest BCUT2D eigenvalue weighted by Crippen LogP contribution is 2.23. The summed E-state index contributed by atoms with van der Waals surface area (Å²) in [5.41, 5.74) is 1.00. The molecule has 0 N–H and O–H groups in total. The van der Waals surface area contributed by atoms with Gasteiger partial charge in [-0.2, -0.15) is 0 Å². The van der Waals surface area contributed by atoms with E-state index in [2.05, 4.69) is 12.2 Å².